The highest BCUT2D eigenvalue weighted by Gasteiger charge is 2.29. The molecule has 218 valence electrons. The van der Waals surface area contributed by atoms with Gasteiger partial charge in [-0.1, -0.05) is 36.4 Å². The highest BCUT2D eigenvalue weighted by atomic mass is 16.5. The molecule has 0 aliphatic rings. The van der Waals surface area contributed by atoms with Crippen LogP contribution < -0.4 is 16.2 Å². The molecule has 1 aromatic heterocycles. The zero-order chi connectivity index (χ0) is 30.6. The molecule has 0 saturated carbocycles. The third-order valence-corrected chi connectivity index (χ3v) is 7.38. The normalized spacial score (nSPS) is 12.4. The van der Waals surface area contributed by atoms with E-state index in [1.807, 2.05) is 51.1 Å². The molecule has 0 saturated heterocycles. The Labute approximate surface area is 244 Å². The van der Waals surface area contributed by atoms with E-state index >= 15 is 0 Å². The van der Waals surface area contributed by atoms with Crippen LogP contribution in [0, 0.1) is 13.8 Å². The highest BCUT2D eigenvalue weighted by molar-refractivity contribution is 5.93. The smallest absolute Gasteiger partial charge is 0.339 e. The second kappa shape index (κ2) is 12.7. The summed E-state index contributed by atoms with van der Waals surface area (Å²) in [4.78, 5) is 47.1. The summed E-state index contributed by atoms with van der Waals surface area (Å²) in [5.74, 6) is -1.23. The number of carboxylic acids is 1. The van der Waals surface area contributed by atoms with Crippen LogP contribution in [-0.2, 0) is 17.8 Å². The lowest BCUT2D eigenvalue weighted by atomic mass is 9.93. The number of amides is 2. The van der Waals surface area contributed by atoms with Crippen molar-refractivity contribution in [2.24, 2.45) is 11.5 Å². The molecule has 0 spiro atoms. The number of aromatic carboxylic acids is 1. The lowest BCUT2D eigenvalue weighted by Crippen LogP contribution is -2.46. The third kappa shape index (κ3) is 6.50. The summed E-state index contributed by atoms with van der Waals surface area (Å²) in [6.07, 6.45) is 2.02. The Morgan fingerprint density at radius 2 is 1.71 bits per heavy atom. The van der Waals surface area contributed by atoms with Crippen molar-refractivity contribution in [3.63, 3.8) is 0 Å². The van der Waals surface area contributed by atoms with Crippen LogP contribution in [0.15, 0.2) is 66.9 Å². The van der Waals surface area contributed by atoms with Crippen molar-refractivity contribution in [3.8, 4) is 17.0 Å². The van der Waals surface area contributed by atoms with Crippen LogP contribution in [0.2, 0.25) is 0 Å². The molecule has 2 atom stereocenters. The van der Waals surface area contributed by atoms with Crippen LogP contribution in [0.1, 0.15) is 61.8 Å². The van der Waals surface area contributed by atoms with E-state index < -0.39 is 24.0 Å². The number of imidazole rings is 1. The number of benzene rings is 3. The highest BCUT2D eigenvalue weighted by Crippen LogP contribution is 2.28. The number of carboxylic acid groups (broad SMARTS) is 1. The predicted molar refractivity (Wildman–Crippen MR) is 159 cm³/mol. The van der Waals surface area contributed by atoms with E-state index in [9.17, 15) is 19.5 Å². The van der Waals surface area contributed by atoms with Gasteiger partial charge in [0, 0.05) is 23.9 Å². The van der Waals surface area contributed by atoms with Gasteiger partial charge in [-0.2, -0.15) is 0 Å². The fraction of sp³-hybridized carbons (Fsp3) is 0.250. The quantitative estimate of drug-likeness (QED) is 0.211. The van der Waals surface area contributed by atoms with Gasteiger partial charge in [-0.15, -0.1) is 0 Å². The first-order chi connectivity index (χ1) is 20.0. The van der Waals surface area contributed by atoms with Gasteiger partial charge in [0.1, 0.15) is 17.1 Å². The molecule has 10 nitrogen and oxygen atoms in total. The number of carbonyl (C=O) groups excluding carboxylic acids is 2. The summed E-state index contributed by atoms with van der Waals surface area (Å²) >= 11 is 0. The maximum absolute atomic E-state index is 14.0. The number of nitrogens with zero attached hydrogens (tertiary/aromatic N) is 2. The molecule has 2 amide bonds. The van der Waals surface area contributed by atoms with Crippen LogP contribution in [-0.4, -0.2) is 50.9 Å². The fourth-order valence-electron chi connectivity index (χ4n) is 5.06. The third-order valence-electron chi connectivity index (χ3n) is 7.38. The molecule has 0 fully saturated rings. The molecular weight excluding hydrogens is 534 g/mol. The van der Waals surface area contributed by atoms with Crippen molar-refractivity contribution in [1.29, 1.82) is 0 Å². The van der Waals surface area contributed by atoms with E-state index in [1.165, 1.54) is 13.2 Å². The van der Waals surface area contributed by atoms with Gasteiger partial charge < -0.3 is 31.2 Å². The SMILES string of the molecule is COc1ccc(CN(C(=O)[C@H](N)Cc2c(C)cc(C(N)=O)cc2C)[C@@H](C)c2nc(-c3ccccc3)c[nH]2)cc1C(=O)O. The largest absolute Gasteiger partial charge is 0.496 e. The maximum atomic E-state index is 14.0. The summed E-state index contributed by atoms with van der Waals surface area (Å²) < 4.78 is 5.20. The van der Waals surface area contributed by atoms with Gasteiger partial charge in [-0.25, -0.2) is 9.78 Å². The number of H-pyrrole nitrogens is 1. The fourth-order valence-corrected chi connectivity index (χ4v) is 5.06. The number of primary amides is 1. The first-order valence-corrected chi connectivity index (χ1v) is 13.5. The molecule has 0 radical (unpaired) electrons. The van der Waals surface area contributed by atoms with Crippen molar-refractivity contribution in [2.45, 2.75) is 45.8 Å². The first kappa shape index (κ1) is 30.0. The Bertz CT molecular complexity index is 1590. The molecule has 3 aromatic carbocycles. The van der Waals surface area contributed by atoms with Crippen molar-refractivity contribution in [2.75, 3.05) is 7.11 Å². The average molecular weight is 570 g/mol. The molecule has 0 aliphatic carbocycles. The maximum Gasteiger partial charge on any atom is 0.339 e. The number of nitrogens with one attached hydrogen (secondary N) is 1. The Kier molecular flexibility index (Phi) is 9.07. The van der Waals surface area contributed by atoms with Crippen molar-refractivity contribution >= 4 is 17.8 Å². The zero-order valence-corrected chi connectivity index (χ0v) is 24.0. The molecular formula is C32H35N5O5. The van der Waals surface area contributed by atoms with Crippen LogP contribution in [0.4, 0.5) is 0 Å². The van der Waals surface area contributed by atoms with Gasteiger partial charge >= 0.3 is 5.97 Å². The number of aromatic amines is 1. The van der Waals surface area contributed by atoms with Gasteiger partial charge in [0.2, 0.25) is 11.8 Å². The zero-order valence-electron chi connectivity index (χ0n) is 24.0. The van der Waals surface area contributed by atoms with Gasteiger partial charge in [-0.05, 0) is 73.7 Å². The number of rotatable bonds is 11. The van der Waals surface area contributed by atoms with Crippen molar-refractivity contribution < 1.29 is 24.2 Å². The molecule has 1 heterocycles. The number of aryl methyl sites for hydroxylation is 2. The Morgan fingerprint density at radius 1 is 1.05 bits per heavy atom. The standard InChI is InChI=1S/C32H35N5O5/c1-18-12-23(29(34)38)13-19(2)24(18)15-26(33)31(39)37(17-21-10-11-28(42-4)25(14-21)32(40)41)20(3)30-35-16-27(36-30)22-8-6-5-7-9-22/h5-14,16,20,26H,15,17,33H2,1-4H3,(H2,34,38)(H,35,36)(H,40,41)/t20-,26+/m0/s1. The van der Waals surface area contributed by atoms with Crippen LogP contribution in [0.5, 0.6) is 5.75 Å². The Balaban J connectivity index is 1.68. The topological polar surface area (TPSA) is 165 Å². The lowest BCUT2D eigenvalue weighted by molar-refractivity contribution is -0.135. The summed E-state index contributed by atoms with van der Waals surface area (Å²) in [5, 5.41) is 9.70. The van der Waals surface area contributed by atoms with Crippen molar-refractivity contribution in [3.05, 3.63) is 106 Å². The van der Waals surface area contributed by atoms with E-state index in [1.54, 1.807) is 35.4 Å². The molecule has 4 aromatic rings. The first-order valence-electron chi connectivity index (χ1n) is 13.5. The van der Waals surface area contributed by atoms with Crippen LogP contribution >= 0.6 is 0 Å². The van der Waals surface area contributed by atoms with E-state index in [0.717, 1.165) is 27.9 Å². The minimum Gasteiger partial charge on any atom is -0.496 e. The van der Waals surface area contributed by atoms with Gasteiger partial charge in [0.15, 0.2) is 0 Å². The van der Waals surface area contributed by atoms with E-state index in [4.69, 9.17) is 21.2 Å². The minimum atomic E-state index is -1.14. The second-order valence-electron chi connectivity index (χ2n) is 10.3. The number of nitrogens with two attached hydrogens (primary N) is 2. The summed E-state index contributed by atoms with van der Waals surface area (Å²) in [7, 11) is 1.40. The second-order valence-corrected chi connectivity index (χ2v) is 10.3. The molecule has 42 heavy (non-hydrogen) atoms. The van der Waals surface area contributed by atoms with Gasteiger partial charge in [0.25, 0.3) is 0 Å². The number of hydrogen-bond acceptors (Lipinski definition) is 6. The lowest BCUT2D eigenvalue weighted by Gasteiger charge is -2.31. The summed E-state index contributed by atoms with van der Waals surface area (Å²) in [5.41, 5.74) is 17.1. The van der Waals surface area contributed by atoms with Crippen molar-refractivity contribution in [1.82, 2.24) is 14.9 Å². The van der Waals surface area contributed by atoms with Crippen LogP contribution in [0.25, 0.3) is 11.3 Å². The number of carbonyl (C=O) groups is 3. The summed E-state index contributed by atoms with van der Waals surface area (Å²) in [6.45, 7) is 5.63. The molecule has 10 heteroatoms. The Morgan fingerprint density at radius 3 is 2.31 bits per heavy atom. The molecule has 0 bridgehead atoms. The monoisotopic (exact) mass is 569 g/mol. The Hall–Kier alpha value is -4.96. The van der Waals surface area contributed by atoms with E-state index in [0.29, 0.717) is 17.0 Å². The molecule has 0 unspecified atom stereocenters. The molecule has 0 aliphatic heterocycles. The predicted octanol–water partition coefficient (Wildman–Crippen LogP) is 4.16. The van der Waals surface area contributed by atoms with E-state index in [2.05, 4.69) is 4.98 Å². The molecule has 4 rings (SSSR count). The van der Waals surface area contributed by atoms with E-state index in [-0.39, 0.29) is 30.2 Å². The number of ether oxygens (including phenoxy) is 1. The number of hydrogen-bond donors (Lipinski definition) is 4. The number of aromatic nitrogens is 2. The minimum absolute atomic E-state index is 0.00972. The van der Waals surface area contributed by atoms with Crippen LogP contribution in [0.3, 0.4) is 0 Å². The summed E-state index contributed by atoms with van der Waals surface area (Å²) in [6, 6.07) is 16.4. The average Bonchev–Trinajstić information content (AvgIpc) is 3.47. The van der Waals surface area contributed by atoms with Gasteiger partial charge in [-0.3, -0.25) is 9.59 Å². The number of methoxy groups -OCH3 is 1. The molecule has 6 N–H and O–H groups in total. The van der Waals surface area contributed by atoms with Gasteiger partial charge in [0.05, 0.1) is 24.9 Å².